The molecule has 3 N–H and O–H groups in total. The lowest BCUT2D eigenvalue weighted by molar-refractivity contribution is -0.130. The van der Waals surface area contributed by atoms with Gasteiger partial charge in [0.15, 0.2) is 6.61 Å². The minimum atomic E-state index is -0.507. The number of halogens is 1. The second kappa shape index (κ2) is 10.8. The van der Waals surface area contributed by atoms with Crippen LogP contribution in [0.4, 0.5) is 5.69 Å². The van der Waals surface area contributed by atoms with Gasteiger partial charge in [0.05, 0.1) is 0 Å². The van der Waals surface area contributed by atoms with E-state index in [1.807, 2.05) is 12.1 Å². The maximum atomic E-state index is 12.0. The van der Waals surface area contributed by atoms with Crippen LogP contribution in [-0.4, -0.2) is 24.3 Å². The molecule has 2 rings (SSSR count). The molecule has 0 aliphatic carbocycles. The first-order chi connectivity index (χ1) is 14.6. The molecule has 2 aromatic carbocycles. The van der Waals surface area contributed by atoms with E-state index in [9.17, 15) is 14.4 Å². The zero-order chi connectivity index (χ0) is 23.0. The summed E-state index contributed by atoms with van der Waals surface area (Å²) in [5.74, 6) is -0.760. The molecule has 0 unspecified atom stereocenters. The molecular formula is C23H28ClN3O4. The molecule has 0 saturated heterocycles. The van der Waals surface area contributed by atoms with Gasteiger partial charge >= 0.3 is 0 Å². The van der Waals surface area contributed by atoms with Crippen molar-refractivity contribution in [1.82, 2.24) is 10.9 Å². The van der Waals surface area contributed by atoms with Crippen molar-refractivity contribution < 1.29 is 19.1 Å². The molecule has 0 saturated carbocycles. The highest BCUT2D eigenvalue weighted by Crippen LogP contribution is 2.24. The van der Waals surface area contributed by atoms with Crippen molar-refractivity contribution in [3.63, 3.8) is 0 Å². The van der Waals surface area contributed by atoms with Crippen molar-refractivity contribution in [1.29, 1.82) is 0 Å². The summed E-state index contributed by atoms with van der Waals surface area (Å²) in [7, 11) is 0. The van der Waals surface area contributed by atoms with E-state index in [4.69, 9.17) is 16.3 Å². The third kappa shape index (κ3) is 7.94. The number of carbonyl (C=O) groups excluding carboxylic acids is 3. The fourth-order valence-corrected chi connectivity index (χ4v) is 2.80. The van der Waals surface area contributed by atoms with E-state index in [1.54, 1.807) is 37.3 Å². The molecular weight excluding hydrogens is 418 g/mol. The molecule has 7 nitrogen and oxygen atoms in total. The monoisotopic (exact) mass is 445 g/mol. The van der Waals surface area contributed by atoms with Gasteiger partial charge in [-0.3, -0.25) is 25.2 Å². The van der Waals surface area contributed by atoms with Crippen LogP contribution in [0.25, 0.3) is 0 Å². The van der Waals surface area contributed by atoms with E-state index in [1.165, 1.54) is 0 Å². The van der Waals surface area contributed by atoms with Crippen molar-refractivity contribution in [3.05, 3.63) is 58.6 Å². The van der Waals surface area contributed by atoms with Gasteiger partial charge in [-0.15, -0.1) is 0 Å². The first-order valence-corrected chi connectivity index (χ1v) is 10.3. The third-order valence-corrected chi connectivity index (χ3v) is 4.96. The van der Waals surface area contributed by atoms with Crippen molar-refractivity contribution in [3.8, 4) is 5.75 Å². The molecule has 8 heteroatoms. The summed E-state index contributed by atoms with van der Waals surface area (Å²) in [4.78, 5) is 35.7. The minimum Gasteiger partial charge on any atom is -0.484 e. The van der Waals surface area contributed by atoms with E-state index >= 15 is 0 Å². The number of hydrogen-bond acceptors (Lipinski definition) is 4. The quantitative estimate of drug-likeness (QED) is 0.563. The first-order valence-electron chi connectivity index (χ1n) is 9.92. The summed E-state index contributed by atoms with van der Waals surface area (Å²) in [5, 5.41) is 3.26. The fourth-order valence-electron chi connectivity index (χ4n) is 2.62. The van der Waals surface area contributed by atoms with Crippen molar-refractivity contribution in [2.24, 2.45) is 0 Å². The van der Waals surface area contributed by atoms with E-state index in [2.05, 4.69) is 36.9 Å². The van der Waals surface area contributed by atoms with Crippen molar-refractivity contribution in [2.75, 3.05) is 11.9 Å². The predicted molar refractivity (Wildman–Crippen MR) is 121 cm³/mol. The molecule has 3 amide bonds. The molecule has 166 valence electrons. The largest absolute Gasteiger partial charge is 0.484 e. The summed E-state index contributed by atoms with van der Waals surface area (Å²) in [6.45, 7) is 7.88. The second-order valence-corrected chi connectivity index (χ2v) is 8.53. The Balaban J connectivity index is 1.68. The topological polar surface area (TPSA) is 96.5 Å². The zero-order valence-electron chi connectivity index (χ0n) is 18.2. The Labute approximate surface area is 187 Å². The van der Waals surface area contributed by atoms with Crippen LogP contribution < -0.4 is 20.9 Å². The zero-order valence-corrected chi connectivity index (χ0v) is 18.9. The fraction of sp³-hybridized carbons (Fsp3) is 0.348. The van der Waals surface area contributed by atoms with Gasteiger partial charge in [0.1, 0.15) is 5.75 Å². The highest BCUT2D eigenvalue weighted by atomic mass is 35.5. The first kappa shape index (κ1) is 24.2. The van der Waals surface area contributed by atoms with Crippen LogP contribution in [-0.2, 0) is 19.8 Å². The number of anilines is 1. The lowest BCUT2D eigenvalue weighted by atomic mass is 9.87. The SMILES string of the molecule is Cc1c(Cl)cccc1NC(=O)CCC(=O)NNC(=O)COc1ccc(C(C)(C)C)cc1. The summed E-state index contributed by atoms with van der Waals surface area (Å²) < 4.78 is 5.41. The molecule has 0 bridgehead atoms. The van der Waals surface area contributed by atoms with Crippen molar-refractivity contribution >= 4 is 35.0 Å². The van der Waals surface area contributed by atoms with Gasteiger partial charge in [0.25, 0.3) is 5.91 Å². The number of benzene rings is 2. The van der Waals surface area contributed by atoms with Gasteiger partial charge in [-0.1, -0.05) is 50.6 Å². The average molecular weight is 446 g/mol. The molecule has 0 aliphatic rings. The molecule has 0 radical (unpaired) electrons. The Bertz CT molecular complexity index is 937. The predicted octanol–water partition coefficient (Wildman–Crippen LogP) is 3.89. The smallest absolute Gasteiger partial charge is 0.276 e. The van der Waals surface area contributed by atoms with Crippen LogP contribution in [0, 0.1) is 6.92 Å². The van der Waals surface area contributed by atoms with Crippen LogP contribution in [0.1, 0.15) is 44.7 Å². The number of nitrogens with one attached hydrogen (secondary N) is 3. The molecule has 2 aromatic rings. The molecule has 0 aliphatic heterocycles. The maximum Gasteiger partial charge on any atom is 0.276 e. The van der Waals surface area contributed by atoms with E-state index in [0.29, 0.717) is 16.5 Å². The molecule has 31 heavy (non-hydrogen) atoms. The Morgan fingerprint density at radius 3 is 2.16 bits per heavy atom. The lowest BCUT2D eigenvalue weighted by Gasteiger charge is -2.19. The number of ether oxygens (including phenoxy) is 1. The van der Waals surface area contributed by atoms with Gasteiger partial charge in [-0.05, 0) is 47.7 Å². The Kier molecular flexibility index (Phi) is 8.45. The third-order valence-electron chi connectivity index (χ3n) is 4.55. The van der Waals surface area contributed by atoms with Crippen molar-refractivity contribution in [2.45, 2.75) is 46.0 Å². The van der Waals surface area contributed by atoms with Crippen LogP contribution in [0.2, 0.25) is 5.02 Å². The second-order valence-electron chi connectivity index (χ2n) is 8.12. The molecule has 0 fully saturated rings. The normalized spacial score (nSPS) is 10.9. The number of carbonyl (C=O) groups is 3. The standard InChI is InChI=1S/C23H28ClN3O4/c1-15-18(24)6-5-7-19(15)25-20(28)12-13-21(29)26-27-22(30)14-31-17-10-8-16(9-11-17)23(2,3)4/h5-11H,12-14H2,1-4H3,(H,25,28)(H,26,29)(H,27,30). The Hall–Kier alpha value is -3.06. The summed E-state index contributed by atoms with van der Waals surface area (Å²) in [5.41, 5.74) is 7.07. The van der Waals surface area contributed by atoms with Crippen LogP contribution in [0.15, 0.2) is 42.5 Å². The Morgan fingerprint density at radius 1 is 0.903 bits per heavy atom. The lowest BCUT2D eigenvalue weighted by Crippen LogP contribution is -2.44. The number of hydrogen-bond donors (Lipinski definition) is 3. The van der Waals surface area contributed by atoms with Crippen LogP contribution >= 0.6 is 11.6 Å². The minimum absolute atomic E-state index is 0.0318. The van der Waals surface area contributed by atoms with E-state index < -0.39 is 11.8 Å². The highest BCUT2D eigenvalue weighted by molar-refractivity contribution is 6.31. The molecule has 0 aromatic heterocycles. The summed E-state index contributed by atoms with van der Waals surface area (Å²) in [6.07, 6.45) is -0.120. The van der Waals surface area contributed by atoms with Crippen LogP contribution in [0.5, 0.6) is 5.75 Å². The number of rotatable bonds is 7. The molecule has 0 atom stereocenters. The van der Waals surface area contributed by atoms with Gasteiger partial charge in [0.2, 0.25) is 11.8 Å². The summed E-state index contributed by atoms with van der Waals surface area (Å²) >= 11 is 6.02. The van der Waals surface area contributed by atoms with E-state index in [0.717, 1.165) is 11.1 Å². The molecule has 0 spiro atoms. The van der Waals surface area contributed by atoms with Gasteiger partial charge in [-0.2, -0.15) is 0 Å². The molecule has 0 heterocycles. The van der Waals surface area contributed by atoms with Crippen LogP contribution in [0.3, 0.4) is 0 Å². The van der Waals surface area contributed by atoms with E-state index in [-0.39, 0.29) is 30.8 Å². The average Bonchev–Trinajstić information content (AvgIpc) is 2.72. The Morgan fingerprint density at radius 2 is 1.52 bits per heavy atom. The number of hydrazine groups is 1. The van der Waals surface area contributed by atoms with Gasteiger partial charge in [-0.25, -0.2) is 0 Å². The van der Waals surface area contributed by atoms with Gasteiger partial charge < -0.3 is 10.1 Å². The maximum absolute atomic E-state index is 12.0. The highest BCUT2D eigenvalue weighted by Gasteiger charge is 2.14. The van der Waals surface area contributed by atoms with Gasteiger partial charge in [0, 0.05) is 23.6 Å². The summed E-state index contributed by atoms with van der Waals surface area (Å²) in [6, 6.07) is 12.7. The number of amides is 3.